The number of sulfonamides is 1. The Bertz CT molecular complexity index is 1620. The molecule has 0 spiro atoms. The second kappa shape index (κ2) is 11.1. The highest BCUT2D eigenvalue weighted by Crippen LogP contribution is 2.38. The Morgan fingerprint density at radius 2 is 1.73 bits per heavy atom. The minimum Gasteiger partial charge on any atom is -0.373 e. The third-order valence-corrected chi connectivity index (χ3v) is 10.3. The summed E-state index contributed by atoms with van der Waals surface area (Å²) in [6.07, 6.45) is 0.0422. The van der Waals surface area contributed by atoms with Crippen LogP contribution in [0.4, 0.5) is 5.00 Å². The summed E-state index contributed by atoms with van der Waals surface area (Å²) in [6.45, 7) is 10.1. The fourth-order valence-electron chi connectivity index (χ4n) is 5.36. The van der Waals surface area contributed by atoms with Gasteiger partial charge in [-0.15, -0.1) is 11.3 Å². The Kier molecular flexibility index (Phi) is 7.90. The molecule has 1 N–H and O–H groups in total. The van der Waals surface area contributed by atoms with E-state index in [1.165, 1.54) is 51.5 Å². The van der Waals surface area contributed by atoms with Crippen LogP contribution < -0.4 is 5.32 Å². The first-order chi connectivity index (χ1) is 19.3. The van der Waals surface area contributed by atoms with Gasteiger partial charge in [0, 0.05) is 42.7 Å². The fraction of sp³-hybridized carbons (Fsp3) is 0.429. The van der Waals surface area contributed by atoms with E-state index in [0.717, 1.165) is 10.4 Å². The molecule has 13 heteroatoms. The number of thiophene rings is 1. The van der Waals surface area contributed by atoms with Gasteiger partial charge in [0.2, 0.25) is 15.9 Å². The molecule has 11 nitrogen and oxygen atoms in total. The predicted octanol–water partition coefficient (Wildman–Crippen LogP) is 3.20. The van der Waals surface area contributed by atoms with Crippen molar-refractivity contribution in [1.82, 2.24) is 19.0 Å². The Balaban J connectivity index is 1.43. The number of hydrogen-bond donors (Lipinski definition) is 1. The van der Waals surface area contributed by atoms with Crippen molar-refractivity contribution in [2.45, 2.75) is 64.7 Å². The molecule has 0 bridgehead atoms. The Hall–Kier alpha value is -3.39. The van der Waals surface area contributed by atoms with Crippen LogP contribution in [0.15, 0.2) is 35.2 Å². The minimum absolute atomic E-state index is 0.0582. The van der Waals surface area contributed by atoms with Crippen LogP contribution in [0, 0.1) is 13.8 Å². The van der Waals surface area contributed by atoms with E-state index in [4.69, 9.17) is 4.74 Å². The summed E-state index contributed by atoms with van der Waals surface area (Å²) < 4.78 is 34.8. The molecular formula is C28H33N5O6S2. The third-order valence-electron chi connectivity index (χ3n) is 7.29. The van der Waals surface area contributed by atoms with Crippen molar-refractivity contribution >= 4 is 44.1 Å². The number of anilines is 1. The monoisotopic (exact) mass is 599 g/mol. The second-order valence-electron chi connectivity index (χ2n) is 10.6. The van der Waals surface area contributed by atoms with E-state index in [0.29, 0.717) is 41.5 Å². The van der Waals surface area contributed by atoms with Crippen molar-refractivity contribution in [2.75, 3.05) is 25.0 Å². The number of carbonyl (C=O) groups is 3. The predicted molar refractivity (Wildman–Crippen MR) is 154 cm³/mol. The summed E-state index contributed by atoms with van der Waals surface area (Å²) in [7, 11) is -3.76. The highest BCUT2D eigenvalue weighted by Gasteiger charge is 2.33. The molecule has 0 radical (unpaired) electrons. The van der Waals surface area contributed by atoms with E-state index in [9.17, 15) is 22.8 Å². The SMILES string of the molecule is CC(=O)N1CCc2c(sc(NC(=O)c3ccc(S(=O)(=O)N4CC(C)OC(C)C4)cc3)c2C(=O)n2nc(C)cc2C)C1. The van der Waals surface area contributed by atoms with Crippen molar-refractivity contribution in [3.8, 4) is 0 Å². The van der Waals surface area contributed by atoms with Crippen LogP contribution in [-0.2, 0) is 32.5 Å². The Morgan fingerprint density at radius 3 is 2.32 bits per heavy atom. The topological polar surface area (TPSA) is 131 Å². The maximum Gasteiger partial charge on any atom is 0.281 e. The third kappa shape index (κ3) is 5.71. The molecule has 2 unspecified atom stereocenters. The molecule has 5 rings (SSSR count). The highest BCUT2D eigenvalue weighted by atomic mass is 32.2. The number of benzene rings is 1. The number of rotatable bonds is 5. The van der Waals surface area contributed by atoms with E-state index in [2.05, 4.69) is 10.4 Å². The minimum atomic E-state index is -3.76. The van der Waals surface area contributed by atoms with Crippen LogP contribution in [0.25, 0.3) is 0 Å². The van der Waals surface area contributed by atoms with Crippen LogP contribution in [0.1, 0.15) is 63.3 Å². The lowest BCUT2D eigenvalue weighted by Crippen LogP contribution is -2.48. The zero-order chi connectivity index (χ0) is 29.6. The average Bonchev–Trinajstić information content (AvgIpc) is 3.45. The van der Waals surface area contributed by atoms with Gasteiger partial charge in [-0.2, -0.15) is 9.40 Å². The summed E-state index contributed by atoms with van der Waals surface area (Å²) in [5, 5.41) is 7.59. The normalized spacial score (nSPS) is 19.6. The molecule has 1 saturated heterocycles. The lowest BCUT2D eigenvalue weighted by molar-refractivity contribution is -0.129. The largest absolute Gasteiger partial charge is 0.373 e. The highest BCUT2D eigenvalue weighted by molar-refractivity contribution is 7.89. The molecule has 2 amide bonds. The van der Waals surface area contributed by atoms with Gasteiger partial charge < -0.3 is 15.0 Å². The number of aryl methyl sites for hydroxylation is 2. The molecule has 2 aliphatic rings. The summed E-state index contributed by atoms with van der Waals surface area (Å²) in [5.41, 5.74) is 2.78. The van der Waals surface area contributed by atoms with Gasteiger partial charge in [-0.1, -0.05) is 0 Å². The van der Waals surface area contributed by atoms with Gasteiger partial charge in [-0.05, 0) is 70.0 Å². The summed E-state index contributed by atoms with van der Waals surface area (Å²) in [4.78, 5) is 41.7. The number of carbonyl (C=O) groups excluding carboxylic acids is 3. The zero-order valence-electron chi connectivity index (χ0n) is 23.6. The molecule has 41 heavy (non-hydrogen) atoms. The first kappa shape index (κ1) is 29.1. The number of amides is 2. The van der Waals surface area contributed by atoms with E-state index < -0.39 is 15.9 Å². The molecule has 2 aromatic heterocycles. The maximum absolute atomic E-state index is 13.7. The van der Waals surface area contributed by atoms with Crippen molar-refractivity contribution < 1.29 is 27.5 Å². The molecule has 218 valence electrons. The molecule has 2 atom stereocenters. The summed E-state index contributed by atoms with van der Waals surface area (Å²) >= 11 is 1.27. The van der Waals surface area contributed by atoms with Gasteiger partial charge in [0.05, 0.1) is 34.9 Å². The second-order valence-corrected chi connectivity index (χ2v) is 13.6. The van der Waals surface area contributed by atoms with Crippen molar-refractivity contribution in [3.63, 3.8) is 0 Å². The van der Waals surface area contributed by atoms with Gasteiger partial charge in [0.25, 0.3) is 11.8 Å². The lowest BCUT2D eigenvalue weighted by Gasteiger charge is -2.34. The molecule has 0 aliphatic carbocycles. The number of fused-ring (bicyclic) bond motifs is 1. The Morgan fingerprint density at radius 1 is 1.07 bits per heavy atom. The summed E-state index contributed by atoms with van der Waals surface area (Å²) in [6, 6.07) is 7.56. The smallest absolute Gasteiger partial charge is 0.281 e. The molecule has 4 heterocycles. The zero-order valence-corrected chi connectivity index (χ0v) is 25.3. The van der Waals surface area contributed by atoms with E-state index in [1.54, 1.807) is 24.8 Å². The average molecular weight is 600 g/mol. The number of hydrogen-bond acceptors (Lipinski definition) is 8. The van der Waals surface area contributed by atoms with Gasteiger partial charge in [-0.3, -0.25) is 14.4 Å². The van der Waals surface area contributed by atoms with Gasteiger partial charge in [0.15, 0.2) is 0 Å². The van der Waals surface area contributed by atoms with E-state index >= 15 is 0 Å². The number of nitrogens with one attached hydrogen (secondary N) is 1. The fourth-order valence-corrected chi connectivity index (χ4v) is 8.20. The van der Waals surface area contributed by atoms with Crippen LogP contribution in [0.2, 0.25) is 0 Å². The number of morpholine rings is 1. The van der Waals surface area contributed by atoms with Crippen molar-refractivity contribution in [3.05, 3.63) is 63.3 Å². The molecule has 1 fully saturated rings. The standard InChI is InChI=1S/C28H33N5O6S2/c1-16-12-17(2)33(30-16)28(36)25-23-10-11-31(20(5)34)15-24(23)40-27(25)29-26(35)21-6-8-22(9-7-21)41(37,38)32-13-18(3)39-19(4)14-32/h6-9,12,18-19H,10-11,13-15H2,1-5H3,(H,29,35). The van der Waals surface area contributed by atoms with Crippen molar-refractivity contribution in [1.29, 1.82) is 0 Å². The van der Waals surface area contributed by atoms with Gasteiger partial charge in [0.1, 0.15) is 5.00 Å². The van der Waals surface area contributed by atoms with E-state index in [1.807, 2.05) is 13.8 Å². The first-order valence-corrected chi connectivity index (χ1v) is 15.7. The van der Waals surface area contributed by atoms with Crippen LogP contribution in [0.3, 0.4) is 0 Å². The van der Waals surface area contributed by atoms with Crippen LogP contribution in [0.5, 0.6) is 0 Å². The first-order valence-electron chi connectivity index (χ1n) is 13.4. The molecular weight excluding hydrogens is 566 g/mol. The quantitative estimate of drug-likeness (QED) is 0.477. The summed E-state index contributed by atoms with van der Waals surface area (Å²) in [5.74, 6) is -0.890. The van der Waals surface area contributed by atoms with Gasteiger partial charge >= 0.3 is 0 Å². The molecule has 2 aliphatic heterocycles. The maximum atomic E-state index is 13.7. The number of nitrogens with zero attached hydrogens (tertiary/aromatic N) is 4. The molecule has 3 aromatic rings. The van der Waals surface area contributed by atoms with Crippen molar-refractivity contribution in [2.24, 2.45) is 0 Å². The van der Waals surface area contributed by atoms with Gasteiger partial charge in [-0.25, -0.2) is 13.1 Å². The number of aromatic nitrogens is 2. The molecule has 1 aromatic carbocycles. The number of ether oxygens (including phenoxy) is 1. The Labute approximate surface area is 243 Å². The lowest BCUT2D eigenvalue weighted by atomic mass is 10.0. The van der Waals surface area contributed by atoms with Crippen LogP contribution in [-0.4, -0.2) is 77.0 Å². The molecule has 0 saturated carbocycles. The van der Waals surface area contributed by atoms with E-state index in [-0.39, 0.29) is 47.6 Å². The van der Waals surface area contributed by atoms with Crippen LogP contribution >= 0.6 is 11.3 Å².